The first-order valence-electron chi connectivity index (χ1n) is 9.62. The van der Waals surface area contributed by atoms with E-state index in [9.17, 15) is 14.0 Å². The Morgan fingerprint density at radius 1 is 1.09 bits per heavy atom. The SMILES string of the molecule is CSc1ccc(OOc2ccc(NC(=O)NC(=O)c3c(F)cccc3Cl)cc2I)c2sccc12. The van der Waals surface area contributed by atoms with Crippen LogP contribution in [0, 0.1) is 9.39 Å². The maximum atomic E-state index is 13.9. The second-order valence-electron chi connectivity index (χ2n) is 6.75. The van der Waals surface area contributed by atoms with Gasteiger partial charge in [-0.05, 0) is 82.8 Å². The number of carbonyl (C=O) groups is 2. The van der Waals surface area contributed by atoms with E-state index in [2.05, 4.69) is 10.6 Å². The van der Waals surface area contributed by atoms with Gasteiger partial charge in [0.15, 0.2) is 11.5 Å². The van der Waals surface area contributed by atoms with Crippen LogP contribution in [0.15, 0.2) is 64.9 Å². The average Bonchev–Trinajstić information content (AvgIpc) is 3.28. The van der Waals surface area contributed by atoms with Gasteiger partial charge in [-0.25, -0.2) is 9.18 Å². The average molecular weight is 629 g/mol. The van der Waals surface area contributed by atoms with Crippen LogP contribution in [0.1, 0.15) is 10.4 Å². The molecular weight excluding hydrogens is 614 g/mol. The Morgan fingerprint density at radius 3 is 2.59 bits per heavy atom. The number of thiophene rings is 1. The second kappa shape index (κ2) is 10.8. The summed E-state index contributed by atoms with van der Waals surface area (Å²) in [7, 11) is 0. The normalized spacial score (nSPS) is 10.7. The van der Waals surface area contributed by atoms with Gasteiger partial charge in [-0.15, -0.1) is 23.1 Å². The third-order valence-corrected chi connectivity index (χ3v) is 7.47. The Bertz CT molecular complexity index is 1380. The quantitative estimate of drug-likeness (QED) is 0.101. The maximum Gasteiger partial charge on any atom is 0.326 e. The van der Waals surface area contributed by atoms with Crippen LogP contribution in [0.3, 0.4) is 0 Å². The fourth-order valence-corrected chi connectivity index (χ4v) is 5.41. The number of halogens is 3. The van der Waals surface area contributed by atoms with Crippen molar-refractivity contribution >= 4 is 85.0 Å². The molecule has 0 saturated carbocycles. The van der Waals surface area contributed by atoms with E-state index >= 15 is 0 Å². The van der Waals surface area contributed by atoms with Gasteiger partial charge in [-0.2, -0.15) is 0 Å². The molecule has 3 amide bonds. The fraction of sp³-hybridized carbons (Fsp3) is 0.0435. The molecule has 0 fully saturated rings. The van der Waals surface area contributed by atoms with Crippen molar-refractivity contribution in [2.45, 2.75) is 4.90 Å². The highest BCUT2D eigenvalue weighted by molar-refractivity contribution is 14.1. The number of benzene rings is 3. The van der Waals surface area contributed by atoms with E-state index in [0.29, 0.717) is 20.8 Å². The van der Waals surface area contributed by atoms with Gasteiger partial charge in [0.2, 0.25) is 0 Å². The molecule has 4 aromatic rings. The van der Waals surface area contributed by atoms with Crippen molar-refractivity contribution in [3.8, 4) is 11.5 Å². The Hall–Kier alpha value is -2.54. The molecule has 0 aliphatic heterocycles. The van der Waals surface area contributed by atoms with E-state index in [1.807, 2.05) is 52.4 Å². The Kier molecular flexibility index (Phi) is 7.81. The van der Waals surface area contributed by atoms with E-state index in [1.165, 1.54) is 12.1 Å². The predicted octanol–water partition coefficient (Wildman–Crippen LogP) is 7.36. The highest BCUT2D eigenvalue weighted by Crippen LogP contribution is 2.37. The standard InChI is InChI=1S/C23H15ClFIN2O4S2/c1-33-19-8-7-18(21-13(19)9-10-34-21)32-31-17-6-5-12(11-16(17)26)27-23(30)28-22(29)20-14(24)3-2-4-15(20)25/h2-11H,1H3,(H2,27,28,29,30). The minimum Gasteiger partial charge on any atom is -0.308 e. The van der Waals surface area contributed by atoms with Crippen LogP contribution in [0.5, 0.6) is 11.5 Å². The lowest BCUT2D eigenvalue weighted by Gasteiger charge is -2.11. The van der Waals surface area contributed by atoms with E-state index in [4.69, 9.17) is 21.4 Å². The molecule has 3 aromatic carbocycles. The molecule has 0 saturated heterocycles. The lowest BCUT2D eigenvalue weighted by molar-refractivity contribution is -0.0991. The molecule has 174 valence electrons. The largest absolute Gasteiger partial charge is 0.326 e. The molecule has 34 heavy (non-hydrogen) atoms. The molecule has 0 bridgehead atoms. The number of fused-ring (bicyclic) bond motifs is 1. The van der Waals surface area contributed by atoms with E-state index in [-0.39, 0.29) is 5.02 Å². The van der Waals surface area contributed by atoms with Gasteiger partial charge in [0, 0.05) is 16.0 Å². The van der Waals surface area contributed by atoms with Crippen LogP contribution in [-0.2, 0) is 0 Å². The number of carbonyl (C=O) groups excluding carboxylic acids is 2. The van der Waals surface area contributed by atoms with Crippen molar-refractivity contribution in [2.24, 2.45) is 0 Å². The summed E-state index contributed by atoms with van der Waals surface area (Å²) in [4.78, 5) is 36.7. The summed E-state index contributed by atoms with van der Waals surface area (Å²) in [6.45, 7) is 0. The first kappa shape index (κ1) is 24.6. The first-order valence-corrected chi connectivity index (χ1v) is 13.2. The van der Waals surface area contributed by atoms with Gasteiger partial charge >= 0.3 is 6.03 Å². The van der Waals surface area contributed by atoms with Crippen LogP contribution in [0.4, 0.5) is 14.9 Å². The van der Waals surface area contributed by atoms with E-state index in [1.54, 1.807) is 41.3 Å². The van der Waals surface area contributed by atoms with Crippen molar-refractivity contribution in [3.63, 3.8) is 0 Å². The fourth-order valence-electron chi connectivity index (χ4n) is 3.03. The van der Waals surface area contributed by atoms with Crippen LogP contribution < -0.4 is 20.4 Å². The monoisotopic (exact) mass is 628 g/mol. The molecule has 0 radical (unpaired) electrons. The van der Waals surface area contributed by atoms with Crippen molar-refractivity contribution in [1.29, 1.82) is 0 Å². The van der Waals surface area contributed by atoms with Crippen LogP contribution in [-0.4, -0.2) is 18.2 Å². The summed E-state index contributed by atoms with van der Waals surface area (Å²) in [6.07, 6.45) is 2.02. The number of hydrogen-bond donors (Lipinski definition) is 2. The van der Waals surface area contributed by atoms with Gasteiger partial charge in [0.1, 0.15) is 5.82 Å². The van der Waals surface area contributed by atoms with Gasteiger partial charge in [-0.3, -0.25) is 19.9 Å². The smallest absolute Gasteiger partial charge is 0.308 e. The molecule has 6 nitrogen and oxygen atoms in total. The summed E-state index contributed by atoms with van der Waals surface area (Å²) in [5, 5.41) is 7.58. The number of anilines is 1. The number of rotatable bonds is 6. The van der Waals surface area contributed by atoms with Gasteiger partial charge in [0.05, 0.1) is 18.9 Å². The van der Waals surface area contributed by atoms with Crippen molar-refractivity contribution in [3.05, 3.63) is 80.0 Å². The highest BCUT2D eigenvalue weighted by atomic mass is 127. The lowest BCUT2D eigenvalue weighted by atomic mass is 10.2. The number of thioether (sulfide) groups is 1. The molecule has 0 aliphatic rings. The molecule has 0 spiro atoms. The van der Waals surface area contributed by atoms with Gasteiger partial charge < -0.3 is 5.32 Å². The molecule has 1 aromatic heterocycles. The number of hydrogen-bond acceptors (Lipinski definition) is 6. The molecule has 0 unspecified atom stereocenters. The number of amides is 3. The number of imide groups is 1. The topological polar surface area (TPSA) is 76.7 Å². The zero-order valence-corrected chi connectivity index (χ0v) is 21.9. The minimum absolute atomic E-state index is 0.0933. The summed E-state index contributed by atoms with van der Waals surface area (Å²) >= 11 is 11.1. The van der Waals surface area contributed by atoms with Gasteiger partial charge in [0.25, 0.3) is 5.91 Å². The van der Waals surface area contributed by atoms with Crippen molar-refractivity contribution in [2.75, 3.05) is 11.6 Å². The molecule has 4 rings (SSSR count). The van der Waals surface area contributed by atoms with Crippen LogP contribution in [0.25, 0.3) is 10.1 Å². The lowest BCUT2D eigenvalue weighted by Crippen LogP contribution is -2.35. The predicted molar refractivity (Wildman–Crippen MR) is 142 cm³/mol. The van der Waals surface area contributed by atoms with Crippen LogP contribution in [0.2, 0.25) is 5.02 Å². The van der Waals surface area contributed by atoms with Crippen molar-refractivity contribution in [1.82, 2.24) is 5.32 Å². The third-order valence-electron chi connectivity index (χ3n) is 4.59. The van der Waals surface area contributed by atoms with Gasteiger partial charge in [-0.1, -0.05) is 17.7 Å². The first-order chi connectivity index (χ1) is 16.4. The molecular formula is C23H15ClFIN2O4S2. The molecule has 0 aliphatic carbocycles. The highest BCUT2D eigenvalue weighted by Gasteiger charge is 2.18. The van der Waals surface area contributed by atoms with Crippen molar-refractivity contribution < 1.29 is 23.8 Å². The maximum absolute atomic E-state index is 13.9. The molecule has 2 N–H and O–H groups in total. The third kappa shape index (κ3) is 5.40. The second-order valence-corrected chi connectivity index (χ2v) is 10.1. The van der Waals surface area contributed by atoms with E-state index in [0.717, 1.165) is 21.0 Å². The number of nitrogens with one attached hydrogen (secondary N) is 2. The summed E-state index contributed by atoms with van der Waals surface area (Å²) in [6, 6.07) is 13.7. The molecule has 11 heteroatoms. The Balaban J connectivity index is 1.40. The minimum atomic E-state index is -0.948. The molecule has 0 atom stereocenters. The Morgan fingerprint density at radius 2 is 1.85 bits per heavy atom. The zero-order valence-electron chi connectivity index (χ0n) is 17.4. The number of urea groups is 1. The molecule has 1 heterocycles. The summed E-state index contributed by atoms with van der Waals surface area (Å²) in [5.74, 6) is -0.724. The van der Waals surface area contributed by atoms with Crippen LogP contribution >= 0.6 is 57.3 Å². The van der Waals surface area contributed by atoms with E-state index < -0.39 is 23.3 Å². The summed E-state index contributed by atoms with van der Waals surface area (Å²) in [5.41, 5.74) is -0.00754. The Labute approximate surface area is 220 Å². The summed E-state index contributed by atoms with van der Waals surface area (Å²) < 4.78 is 15.5. The zero-order chi connectivity index (χ0) is 24.2.